The zero-order valence-electron chi connectivity index (χ0n) is 14.3. The van der Waals surface area contributed by atoms with Crippen molar-refractivity contribution in [1.82, 2.24) is 4.98 Å². The number of hydrogen-bond donors (Lipinski definition) is 2. The Labute approximate surface area is 165 Å². The maximum absolute atomic E-state index is 5.97. The molecule has 0 saturated carbocycles. The fourth-order valence-electron chi connectivity index (χ4n) is 2.72. The first kappa shape index (κ1) is 19.3. The van der Waals surface area contributed by atoms with Crippen LogP contribution >= 0.6 is 24.0 Å². The molecule has 3 N–H and O–H groups in total. The van der Waals surface area contributed by atoms with Crippen molar-refractivity contribution in [2.45, 2.75) is 19.4 Å². The Kier molecular flexibility index (Phi) is 7.30. The first-order valence-electron chi connectivity index (χ1n) is 8.15. The van der Waals surface area contributed by atoms with Crippen LogP contribution in [0.15, 0.2) is 47.6 Å². The SMILES string of the molecule is COc1ccc(NC(N)=NCc2ccnc(N3CCCC3)c2)cc1.I. The second kappa shape index (κ2) is 9.45. The Bertz CT molecular complexity index is 699. The van der Waals surface area contributed by atoms with Crippen LogP contribution in [0.4, 0.5) is 11.5 Å². The van der Waals surface area contributed by atoms with E-state index in [1.807, 2.05) is 36.5 Å². The molecule has 0 spiro atoms. The number of nitrogens with one attached hydrogen (secondary N) is 1. The molecule has 0 radical (unpaired) electrons. The molecule has 0 atom stereocenters. The summed E-state index contributed by atoms with van der Waals surface area (Å²) in [6, 6.07) is 11.6. The molecule has 1 aliphatic rings. The highest BCUT2D eigenvalue weighted by molar-refractivity contribution is 14.0. The molecule has 2 heterocycles. The molecule has 134 valence electrons. The number of ether oxygens (including phenoxy) is 1. The number of halogens is 1. The van der Waals surface area contributed by atoms with Crippen molar-refractivity contribution in [3.8, 4) is 5.75 Å². The van der Waals surface area contributed by atoms with Crippen LogP contribution in [0.2, 0.25) is 0 Å². The molecule has 1 fully saturated rings. The van der Waals surface area contributed by atoms with E-state index in [-0.39, 0.29) is 24.0 Å². The summed E-state index contributed by atoms with van der Waals surface area (Å²) in [5.74, 6) is 2.23. The smallest absolute Gasteiger partial charge is 0.193 e. The minimum Gasteiger partial charge on any atom is -0.497 e. The summed E-state index contributed by atoms with van der Waals surface area (Å²) in [6.45, 7) is 2.69. The maximum atomic E-state index is 5.97. The second-order valence-electron chi connectivity index (χ2n) is 5.77. The molecule has 2 aromatic rings. The molecule has 0 unspecified atom stereocenters. The van der Waals surface area contributed by atoms with E-state index in [0.29, 0.717) is 12.5 Å². The lowest BCUT2D eigenvalue weighted by molar-refractivity contribution is 0.415. The lowest BCUT2D eigenvalue weighted by Crippen LogP contribution is -2.22. The summed E-state index contributed by atoms with van der Waals surface area (Å²) in [6.07, 6.45) is 4.32. The minimum atomic E-state index is 0. The average molecular weight is 453 g/mol. The largest absolute Gasteiger partial charge is 0.497 e. The Hall–Kier alpha value is -2.03. The van der Waals surface area contributed by atoms with E-state index in [2.05, 4.69) is 26.3 Å². The number of aliphatic imine (C=N–C) groups is 1. The molecule has 6 nitrogen and oxygen atoms in total. The van der Waals surface area contributed by atoms with Crippen molar-refractivity contribution in [3.05, 3.63) is 48.2 Å². The topological polar surface area (TPSA) is 75.8 Å². The van der Waals surface area contributed by atoms with E-state index >= 15 is 0 Å². The monoisotopic (exact) mass is 453 g/mol. The molecular weight excluding hydrogens is 429 g/mol. The molecule has 0 bridgehead atoms. The number of nitrogens with two attached hydrogens (primary N) is 1. The van der Waals surface area contributed by atoms with Crippen molar-refractivity contribution in [2.24, 2.45) is 10.7 Å². The van der Waals surface area contributed by atoms with Gasteiger partial charge in [0.05, 0.1) is 13.7 Å². The minimum absolute atomic E-state index is 0. The fraction of sp³-hybridized carbons (Fsp3) is 0.333. The first-order chi connectivity index (χ1) is 11.7. The summed E-state index contributed by atoms with van der Waals surface area (Å²) in [5, 5.41) is 3.08. The van der Waals surface area contributed by atoms with Crippen LogP contribution in [-0.4, -0.2) is 31.1 Å². The molecule has 3 rings (SSSR count). The zero-order valence-corrected chi connectivity index (χ0v) is 16.6. The molecule has 1 aromatic carbocycles. The highest BCUT2D eigenvalue weighted by Gasteiger charge is 2.13. The van der Waals surface area contributed by atoms with Crippen molar-refractivity contribution in [1.29, 1.82) is 0 Å². The van der Waals surface area contributed by atoms with Crippen molar-refractivity contribution >= 4 is 41.4 Å². The van der Waals surface area contributed by atoms with Crippen LogP contribution in [0, 0.1) is 0 Å². The van der Waals surface area contributed by atoms with E-state index in [1.54, 1.807) is 7.11 Å². The van der Waals surface area contributed by atoms with E-state index in [9.17, 15) is 0 Å². The quantitative estimate of drug-likeness (QED) is 0.413. The predicted octanol–water partition coefficient (Wildman–Crippen LogP) is 3.24. The highest BCUT2D eigenvalue weighted by atomic mass is 127. The van der Waals surface area contributed by atoms with Gasteiger partial charge in [-0.3, -0.25) is 0 Å². The maximum Gasteiger partial charge on any atom is 0.193 e. The third-order valence-electron chi connectivity index (χ3n) is 4.03. The molecule has 0 amide bonds. The molecule has 7 heteroatoms. The van der Waals surface area contributed by atoms with Crippen molar-refractivity contribution < 1.29 is 4.74 Å². The predicted molar refractivity (Wildman–Crippen MR) is 113 cm³/mol. The Morgan fingerprint density at radius 3 is 2.64 bits per heavy atom. The van der Waals surface area contributed by atoms with Gasteiger partial charge in [-0.05, 0) is 54.8 Å². The van der Waals surface area contributed by atoms with E-state index in [4.69, 9.17) is 10.5 Å². The van der Waals surface area contributed by atoms with Crippen LogP contribution < -0.4 is 20.7 Å². The number of aromatic nitrogens is 1. The van der Waals surface area contributed by atoms with E-state index < -0.39 is 0 Å². The summed E-state index contributed by atoms with van der Waals surface area (Å²) >= 11 is 0. The highest BCUT2D eigenvalue weighted by Crippen LogP contribution is 2.19. The molecule has 0 aliphatic carbocycles. The van der Waals surface area contributed by atoms with Gasteiger partial charge in [-0.2, -0.15) is 0 Å². The van der Waals surface area contributed by atoms with Crippen molar-refractivity contribution in [2.75, 3.05) is 30.4 Å². The zero-order chi connectivity index (χ0) is 16.8. The Morgan fingerprint density at radius 1 is 1.24 bits per heavy atom. The van der Waals surface area contributed by atoms with Crippen LogP contribution in [-0.2, 0) is 6.54 Å². The lowest BCUT2D eigenvalue weighted by atomic mass is 10.2. The normalized spacial score (nSPS) is 14.1. The standard InChI is InChI=1S/C18H23N5O.HI/c1-24-16-6-4-15(5-7-16)22-18(19)21-13-14-8-9-20-17(12-14)23-10-2-3-11-23;/h4-9,12H,2-3,10-11,13H2,1H3,(H3,19,21,22);1H. The van der Waals surface area contributed by atoms with Gasteiger partial charge in [0, 0.05) is 25.0 Å². The number of rotatable bonds is 5. The third kappa shape index (κ3) is 5.48. The molecule has 1 aromatic heterocycles. The van der Waals surface area contributed by atoms with Gasteiger partial charge in [-0.1, -0.05) is 0 Å². The van der Waals surface area contributed by atoms with E-state index in [1.165, 1.54) is 12.8 Å². The number of benzene rings is 1. The van der Waals surface area contributed by atoms with Crippen LogP contribution in [0.5, 0.6) is 5.75 Å². The molecular formula is C18H24IN5O. The van der Waals surface area contributed by atoms with Gasteiger partial charge in [0.1, 0.15) is 11.6 Å². The Morgan fingerprint density at radius 2 is 1.96 bits per heavy atom. The van der Waals surface area contributed by atoms with Gasteiger partial charge in [-0.25, -0.2) is 9.98 Å². The first-order valence-corrected chi connectivity index (χ1v) is 8.15. The summed E-state index contributed by atoms with van der Waals surface area (Å²) in [4.78, 5) is 11.2. The van der Waals surface area contributed by atoms with Gasteiger partial charge in [0.2, 0.25) is 0 Å². The third-order valence-corrected chi connectivity index (χ3v) is 4.03. The van der Waals surface area contributed by atoms with Gasteiger partial charge >= 0.3 is 0 Å². The van der Waals surface area contributed by atoms with Gasteiger partial charge in [-0.15, -0.1) is 24.0 Å². The average Bonchev–Trinajstić information content (AvgIpc) is 3.16. The van der Waals surface area contributed by atoms with Crippen LogP contribution in [0.25, 0.3) is 0 Å². The number of guanidine groups is 1. The van der Waals surface area contributed by atoms with E-state index in [0.717, 1.165) is 35.9 Å². The number of anilines is 2. The summed E-state index contributed by atoms with van der Waals surface area (Å²) in [5.41, 5.74) is 7.95. The molecule has 25 heavy (non-hydrogen) atoms. The lowest BCUT2D eigenvalue weighted by Gasteiger charge is -2.16. The Balaban J connectivity index is 0.00000225. The molecule has 1 aliphatic heterocycles. The van der Waals surface area contributed by atoms with Gasteiger partial charge in [0.15, 0.2) is 5.96 Å². The number of methoxy groups -OCH3 is 1. The summed E-state index contributed by atoms with van der Waals surface area (Å²) < 4.78 is 5.13. The fourth-order valence-corrected chi connectivity index (χ4v) is 2.72. The number of nitrogens with zero attached hydrogens (tertiary/aromatic N) is 3. The van der Waals surface area contributed by atoms with Gasteiger partial charge in [0.25, 0.3) is 0 Å². The van der Waals surface area contributed by atoms with Crippen LogP contribution in [0.1, 0.15) is 18.4 Å². The second-order valence-corrected chi connectivity index (χ2v) is 5.77. The molecule has 1 saturated heterocycles. The van der Waals surface area contributed by atoms with Gasteiger partial charge < -0.3 is 20.7 Å². The van der Waals surface area contributed by atoms with Crippen LogP contribution in [0.3, 0.4) is 0 Å². The number of pyridine rings is 1. The summed E-state index contributed by atoms with van der Waals surface area (Å²) in [7, 11) is 1.64. The van der Waals surface area contributed by atoms with Crippen molar-refractivity contribution in [3.63, 3.8) is 0 Å². The number of hydrogen-bond acceptors (Lipinski definition) is 4.